The third-order valence-electron chi connectivity index (χ3n) is 3.80. The van der Waals surface area contributed by atoms with Crippen LogP contribution in [0.4, 0.5) is 5.82 Å². The van der Waals surface area contributed by atoms with E-state index in [1.165, 1.54) is 0 Å². The first-order valence-corrected chi connectivity index (χ1v) is 7.50. The summed E-state index contributed by atoms with van der Waals surface area (Å²) in [5.41, 5.74) is 0.891. The van der Waals surface area contributed by atoms with Gasteiger partial charge in [-0.15, -0.1) is 0 Å². The predicted octanol–water partition coefficient (Wildman–Crippen LogP) is 3.43. The first-order chi connectivity index (χ1) is 9.78. The fourth-order valence-corrected chi connectivity index (χ4v) is 3.01. The number of hydrogen-bond donors (Lipinski definition) is 0. The maximum Gasteiger partial charge on any atom is 0.228 e. The van der Waals surface area contributed by atoms with Crippen LogP contribution in [0.3, 0.4) is 0 Å². The molecule has 2 aromatic rings. The standard InChI is InChI=1S/C15H19ClN4O/c1-9(2)20-11-5-12(16)17-7-10(11)14(18-20)19-8-15(3,4)6-13(19)21/h5,7,9H,6,8H2,1-4H3. The van der Waals surface area contributed by atoms with Crippen molar-refractivity contribution in [3.05, 3.63) is 17.4 Å². The maximum absolute atomic E-state index is 12.3. The van der Waals surface area contributed by atoms with Gasteiger partial charge in [0.2, 0.25) is 5.91 Å². The van der Waals surface area contributed by atoms with Gasteiger partial charge in [0.15, 0.2) is 5.82 Å². The van der Waals surface area contributed by atoms with E-state index in [9.17, 15) is 4.79 Å². The topological polar surface area (TPSA) is 51.0 Å². The van der Waals surface area contributed by atoms with Crippen molar-refractivity contribution in [3.8, 4) is 0 Å². The Bertz CT molecular complexity index is 720. The SMILES string of the molecule is CC(C)n1nc(N2CC(C)(C)CC2=O)c2cnc(Cl)cc21. The molecule has 0 aliphatic carbocycles. The number of amides is 1. The van der Waals surface area contributed by atoms with Crippen molar-refractivity contribution in [1.29, 1.82) is 0 Å². The first kappa shape index (κ1) is 14.3. The fraction of sp³-hybridized carbons (Fsp3) is 0.533. The number of carbonyl (C=O) groups excluding carboxylic acids is 1. The molecule has 0 aromatic carbocycles. The summed E-state index contributed by atoms with van der Waals surface area (Å²) in [5, 5.41) is 5.96. The molecule has 1 saturated heterocycles. The summed E-state index contributed by atoms with van der Waals surface area (Å²) in [6.07, 6.45) is 2.25. The third kappa shape index (κ3) is 2.39. The van der Waals surface area contributed by atoms with Gasteiger partial charge in [0.25, 0.3) is 0 Å². The van der Waals surface area contributed by atoms with E-state index in [0.29, 0.717) is 23.9 Å². The molecule has 0 atom stereocenters. The van der Waals surface area contributed by atoms with Crippen molar-refractivity contribution < 1.29 is 4.79 Å². The van der Waals surface area contributed by atoms with Crippen LogP contribution >= 0.6 is 11.6 Å². The van der Waals surface area contributed by atoms with Crippen LogP contribution in [0.15, 0.2) is 12.3 Å². The lowest BCUT2D eigenvalue weighted by Crippen LogP contribution is -2.26. The highest BCUT2D eigenvalue weighted by Gasteiger charge is 2.38. The minimum Gasteiger partial charge on any atom is -0.294 e. The Morgan fingerprint density at radius 2 is 2.10 bits per heavy atom. The van der Waals surface area contributed by atoms with E-state index < -0.39 is 0 Å². The second-order valence-electron chi connectivity index (χ2n) is 6.71. The second kappa shape index (κ2) is 4.70. The van der Waals surface area contributed by atoms with E-state index >= 15 is 0 Å². The number of carbonyl (C=O) groups is 1. The summed E-state index contributed by atoms with van der Waals surface area (Å²) in [5.74, 6) is 0.809. The van der Waals surface area contributed by atoms with Crippen LogP contribution < -0.4 is 4.90 Å². The molecular weight excluding hydrogens is 288 g/mol. The van der Waals surface area contributed by atoms with Crippen LogP contribution in [0, 0.1) is 5.41 Å². The number of nitrogens with zero attached hydrogens (tertiary/aromatic N) is 4. The Morgan fingerprint density at radius 1 is 1.38 bits per heavy atom. The highest BCUT2D eigenvalue weighted by atomic mass is 35.5. The highest BCUT2D eigenvalue weighted by molar-refractivity contribution is 6.30. The third-order valence-corrected chi connectivity index (χ3v) is 4.01. The van der Waals surface area contributed by atoms with E-state index in [0.717, 1.165) is 10.9 Å². The highest BCUT2D eigenvalue weighted by Crippen LogP contribution is 2.37. The lowest BCUT2D eigenvalue weighted by atomic mass is 9.93. The summed E-state index contributed by atoms with van der Waals surface area (Å²) in [7, 11) is 0. The average molecular weight is 307 g/mol. The quantitative estimate of drug-likeness (QED) is 0.799. The van der Waals surface area contributed by atoms with Gasteiger partial charge in [-0.3, -0.25) is 14.4 Å². The van der Waals surface area contributed by atoms with Gasteiger partial charge in [-0.1, -0.05) is 25.4 Å². The van der Waals surface area contributed by atoms with Gasteiger partial charge < -0.3 is 0 Å². The zero-order valence-electron chi connectivity index (χ0n) is 12.7. The molecule has 0 saturated carbocycles. The van der Waals surface area contributed by atoms with Crippen molar-refractivity contribution in [1.82, 2.24) is 14.8 Å². The van der Waals surface area contributed by atoms with Crippen molar-refractivity contribution in [3.63, 3.8) is 0 Å². The van der Waals surface area contributed by atoms with Crippen molar-refractivity contribution >= 4 is 34.2 Å². The van der Waals surface area contributed by atoms with Crippen LogP contribution in [-0.4, -0.2) is 27.2 Å². The number of hydrogen-bond acceptors (Lipinski definition) is 3. The molecule has 3 heterocycles. The van der Waals surface area contributed by atoms with Crippen LogP contribution in [-0.2, 0) is 4.79 Å². The van der Waals surface area contributed by atoms with E-state index in [-0.39, 0.29) is 17.4 Å². The van der Waals surface area contributed by atoms with E-state index in [2.05, 4.69) is 37.8 Å². The molecule has 6 heteroatoms. The largest absolute Gasteiger partial charge is 0.294 e. The molecule has 0 spiro atoms. The molecule has 0 N–H and O–H groups in total. The number of halogens is 1. The van der Waals surface area contributed by atoms with E-state index in [4.69, 9.17) is 11.6 Å². The monoisotopic (exact) mass is 306 g/mol. The molecule has 3 rings (SSSR count). The molecule has 0 bridgehead atoms. The Kier molecular flexibility index (Phi) is 3.20. The molecule has 2 aromatic heterocycles. The fourth-order valence-electron chi connectivity index (χ4n) is 2.85. The van der Waals surface area contributed by atoms with Gasteiger partial charge >= 0.3 is 0 Å². The number of aromatic nitrogens is 3. The molecule has 1 aliphatic heterocycles. The van der Waals surface area contributed by atoms with Gasteiger partial charge in [-0.05, 0) is 19.3 Å². The Hall–Kier alpha value is -1.62. The Morgan fingerprint density at radius 3 is 2.67 bits per heavy atom. The number of anilines is 1. The molecule has 0 radical (unpaired) electrons. The molecule has 1 aliphatic rings. The van der Waals surface area contributed by atoms with Crippen molar-refractivity contribution in [2.24, 2.45) is 5.41 Å². The Labute approximate surface area is 128 Å². The number of fused-ring (bicyclic) bond motifs is 1. The molecule has 0 unspecified atom stereocenters. The summed E-state index contributed by atoms with van der Waals surface area (Å²) in [6.45, 7) is 8.99. The van der Waals surface area contributed by atoms with Crippen LogP contribution in [0.5, 0.6) is 0 Å². The van der Waals surface area contributed by atoms with Gasteiger partial charge in [0.05, 0.1) is 10.9 Å². The summed E-state index contributed by atoms with van der Waals surface area (Å²) < 4.78 is 1.90. The molecule has 5 nitrogen and oxygen atoms in total. The maximum atomic E-state index is 12.3. The second-order valence-corrected chi connectivity index (χ2v) is 7.09. The lowest BCUT2D eigenvalue weighted by molar-refractivity contribution is -0.117. The number of pyridine rings is 1. The average Bonchev–Trinajstić information content (AvgIpc) is 2.85. The van der Waals surface area contributed by atoms with E-state index in [1.54, 1.807) is 17.2 Å². The smallest absolute Gasteiger partial charge is 0.228 e. The van der Waals surface area contributed by atoms with Gasteiger partial charge in [0.1, 0.15) is 5.15 Å². The predicted molar refractivity (Wildman–Crippen MR) is 83.7 cm³/mol. The number of rotatable bonds is 2. The van der Waals surface area contributed by atoms with Gasteiger partial charge in [-0.2, -0.15) is 5.10 Å². The molecule has 21 heavy (non-hydrogen) atoms. The van der Waals surface area contributed by atoms with Crippen LogP contribution in [0.25, 0.3) is 10.9 Å². The van der Waals surface area contributed by atoms with Gasteiger partial charge in [-0.25, -0.2) is 4.98 Å². The Balaban J connectivity index is 2.18. The van der Waals surface area contributed by atoms with Crippen molar-refractivity contribution in [2.45, 2.75) is 40.2 Å². The van der Waals surface area contributed by atoms with Crippen LogP contribution in [0.1, 0.15) is 40.2 Å². The zero-order valence-corrected chi connectivity index (χ0v) is 13.5. The minimum atomic E-state index is -0.0229. The van der Waals surface area contributed by atoms with Crippen molar-refractivity contribution in [2.75, 3.05) is 11.4 Å². The first-order valence-electron chi connectivity index (χ1n) is 7.13. The zero-order chi connectivity index (χ0) is 15.4. The summed E-state index contributed by atoms with van der Waals surface area (Å²) in [6, 6.07) is 1.99. The summed E-state index contributed by atoms with van der Waals surface area (Å²) in [4.78, 5) is 18.2. The van der Waals surface area contributed by atoms with Gasteiger partial charge in [0, 0.05) is 31.3 Å². The molecule has 112 valence electrons. The summed E-state index contributed by atoms with van der Waals surface area (Å²) >= 11 is 6.01. The molecule has 1 fully saturated rings. The minimum absolute atomic E-state index is 0.0229. The lowest BCUT2D eigenvalue weighted by Gasteiger charge is -2.17. The molecular formula is C15H19ClN4O. The normalized spacial score (nSPS) is 18.2. The van der Waals surface area contributed by atoms with E-state index in [1.807, 2.05) is 4.68 Å². The van der Waals surface area contributed by atoms with Crippen LogP contribution in [0.2, 0.25) is 5.15 Å². The molecule has 1 amide bonds.